The van der Waals surface area contributed by atoms with Gasteiger partial charge in [0.05, 0.1) is 12.3 Å². The Morgan fingerprint density at radius 3 is 2.59 bits per heavy atom. The highest BCUT2D eigenvalue weighted by atomic mass is 19.4. The summed E-state index contributed by atoms with van der Waals surface area (Å²) < 4.78 is 43.6. The van der Waals surface area contributed by atoms with Crippen molar-refractivity contribution in [2.75, 3.05) is 6.61 Å². The molecule has 6 heteroatoms. The minimum absolute atomic E-state index is 0.233. The number of rotatable bonds is 7. The molecule has 0 amide bonds. The number of hydrogen-bond donors (Lipinski definition) is 1. The number of nitrogens with zero attached hydrogens (tertiary/aromatic N) is 1. The molecule has 22 heavy (non-hydrogen) atoms. The maximum atomic E-state index is 12.6. The molecule has 0 unspecified atom stereocenters. The van der Waals surface area contributed by atoms with Crippen molar-refractivity contribution in [1.29, 1.82) is 0 Å². The van der Waals surface area contributed by atoms with Crippen molar-refractivity contribution in [2.24, 2.45) is 0 Å². The fraction of sp³-hybridized carbons (Fsp3) is 0.438. The molecule has 3 nitrogen and oxygen atoms in total. The first-order chi connectivity index (χ1) is 10.5. The molecule has 0 aliphatic carbocycles. The number of H-pyrrole nitrogens is 1. The lowest BCUT2D eigenvalue weighted by molar-refractivity contribution is -0.141. The predicted octanol–water partition coefficient (Wildman–Crippen LogP) is 5.05. The van der Waals surface area contributed by atoms with E-state index >= 15 is 0 Å². The second-order valence-electron chi connectivity index (χ2n) is 5.07. The van der Waals surface area contributed by atoms with Gasteiger partial charge in [-0.3, -0.25) is 5.10 Å². The van der Waals surface area contributed by atoms with Gasteiger partial charge in [-0.15, -0.1) is 0 Å². The van der Waals surface area contributed by atoms with E-state index in [2.05, 4.69) is 12.0 Å². The van der Waals surface area contributed by atoms with Gasteiger partial charge in [0.1, 0.15) is 11.4 Å². The molecule has 0 aliphatic heterocycles. The zero-order chi connectivity index (χ0) is 16.0. The molecule has 0 aliphatic rings. The Morgan fingerprint density at radius 2 is 1.91 bits per heavy atom. The van der Waals surface area contributed by atoms with Crippen molar-refractivity contribution in [3.63, 3.8) is 0 Å². The predicted molar refractivity (Wildman–Crippen MR) is 78.7 cm³/mol. The van der Waals surface area contributed by atoms with E-state index in [9.17, 15) is 13.2 Å². The first-order valence-electron chi connectivity index (χ1n) is 7.37. The maximum Gasteiger partial charge on any atom is 0.432 e. The number of alkyl halides is 3. The summed E-state index contributed by atoms with van der Waals surface area (Å²) in [7, 11) is 0. The van der Waals surface area contributed by atoms with Gasteiger partial charge in [0, 0.05) is 5.56 Å². The maximum absolute atomic E-state index is 12.6. The highest BCUT2D eigenvalue weighted by Gasteiger charge is 2.33. The van der Waals surface area contributed by atoms with Gasteiger partial charge in [0.25, 0.3) is 0 Å². The van der Waals surface area contributed by atoms with Crippen LogP contribution in [0, 0.1) is 0 Å². The van der Waals surface area contributed by atoms with Crippen molar-refractivity contribution < 1.29 is 17.9 Å². The molecule has 0 atom stereocenters. The lowest BCUT2D eigenvalue weighted by atomic mass is 10.1. The first-order valence-corrected chi connectivity index (χ1v) is 7.37. The van der Waals surface area contributed by atoms with E-state index in [1.54, 1.807) is 24.3 Å². The zero-order valence-corrected chi connectivity index (χ0v) is 12.4. The Kier molecular flexibility index (Phi) is 5.46. The van der Waals surface area contributed by atoms with Gasteiger partial charge in [-0.05, 0) is 24.6 Å². The molecule has 2 rings (SSSR count). The SMILES string of the molecule is CCCCCCOc1ccccc1-c1cc(C(F)(F)F)[nH]n1. The molecule has 0 fully saturated rings. The number of hydrogen-bond acceptors (Lipinski definition) is 2. The number of halogens is 3. The Morgan fingerprint density at radius 1 is 1.14 bits per heavy atom. The van der Waals surface area contributed by atoms with Crippen LogP contribution in [0.25, 0.3) is 11.3 Å². The highest BCUT2D eigenvalue weighted by molar-refractivity contribution is 5.67. The molecular weight excluding hydrogens is 293 g/mol. The third-order valence-corrected chi connectivity index (χ3v) is 3.30. The standard InChI is InChI=1S/C16H19F3N2O/c1-2-3-4-7-10-22-14-9-6-5-8-12(14)13-11-15(21-20-13)16(17,18)19/h5-6,8-9,11H,2-4,7,10H2,1H3,(H,20,21). The van der Waals surface area contributed by atoms with Crippen LogP contribution in [0.3, 0.4) is 0 Å². The molecule has 1 aromatic carbocycles. The van der Waals surface area contributed by atoms with Crippen LogP contribution in [0.2, 0.25) is 0 Å². The summed E-state index contributed by atoms with van der Waals surface area (Å²) in [6.07, 6.45) is -0.125. The van der Waals surface area contributed by atoms with E-state index in [0.717, 1.165) is 31.7 Å². The van der Waals surface area contributed by atoms with E-state index in [1.807, 2.05) is 5.10 Å². The van der Waals surface area contributed by atoms with Crippen LogP contribution in [-0.2, 0) is 6.18 Å². The van der Waals surface area contributed by atoms with Crippen LogP contribution >= 0.6 is 0 Å². The highest BCUT2D eigenvalue weighted by Crippen LogP contribution is 2.33. The molecule has 0 spiro atoms. The average Bonchev–Trinajstić information content (AvgIpc) is 2.97. The molecular formula is C16H19F3N2O. The summed E-state index contributed by atoms with van der Waals surface area (Å²) in [5.41, 5.74) is -0.0681. The van der Waals surface area contributed by atoms with Gasteiger partial charge in [0.2, 0.25) is 0 Å². The van der Waals surface area contributed by atoms with Crippen molar-refractivity contribution in [3.05, 3.63) is 36.0 Å². The van der Waals surface area contributed by atoms with Crippen molar-refractivity contribution in [2.45, 2.75) is 38.8 Å². The number of benzene rings is 1. The number of unbranched alkanes of at least 4 members (excludes halogenated alkanes) is 3. The fourth-order valence-corrected chi connectivity index (χ4v) is 2.12. The van der Waals surface area contributed by atoms with Crippen LogP contribution < -0.4 is 4.74 Å². The van der Waals surface area contributed by atoms with E-state index in [0.29, 0.717) is 17.9 Å². The molecule has 0 bridgehead atoms. The number of ether oxygens (including phenoxy) is 1. The molecule has 0 saturated heterocycles. The number of nitrogens with one attached hydrogen (secondary N) is 1. The fourth-order valence-electron chi connectivity index (χ4n) is 2.12. The van der Waals surface area contributed by atoms with E-state index in [4.69, 9.17) is 4.74 Å². The smallest absolute Gasteiger partial charge is 0.432 e. The molecule has 0 radical (unpaired) electrons. The molecule has 2 aromatic rings. The zero-order valence-electron chi connectivity index (χ0n) is 12.4. The number of para-hydroxylation sites is 1. The molecule has 120 valence electrons. The molecule has 1 aromatic heterocycles. The van der Waals surface area contributed by atoms with Crippen LogP contribution in [0.4, 0.5) is 13.2 Å². The third kappa shape index (κ3) is 4.26. The normalized spacial score (nSPS) is 11.6. The molecule has 1 N–H and O–H groups in total. The van der Waals surface area contributed by atoms with Gasteiger partial charge in [-0.25, -0.2) is 0 Å². The van der Waals surface area contributed by atoms with E-state index in [-0.39, 0.29) is 5.69 Å². The summed E-state index contributed by atoms with van der Waals surface area (Å²) in [5.74, 6) is 0.555. The number of aromatic amines is 1. The number of aromatic nitrogens is 2. The van der Waals surface area contributed by atoms with Crippen molar-refractivity contribution >= 4 is 0 Å². The Bertz CT molecular complexity index is 593. The monoisotopic (exact) mass is 312 g/mol. The van der Waals surface area contributed by atoms with Crippen molar-refractivity contribution in [3.8, 4) is 17.0 Å². The van der Waals surface area contributed by atoms with Gasteiger partial charge >= 0.3 is 6.18 Å². The Balaban J connectivity index is 2.09. The summed E-state index contributed by atoms with van der Waals surface area (Å²) in [6, 6.07) is 8.00. The van der Waals surface area contributed by atoms with Gasteiger partial charge in [-0.1, -0.05) is 38.3 Å². The van der Waals surface area contributed by atoms with Crippen molar-refractivity contribution in [1.82, 2.24) is 10.2 Å². The minimum Gasteiger partial charge on any atom is -0.493 e. The first kappa shape index (κ1) is 16.4. The molecule has 1 heterocycles. The summed E-state index contributed by atoms with van der Waals surface area (Å²) in [6.45, 7) is 2.68. The molecule has 0 saturated carbocycles. The average molecular weight is 312 g/mol. The summed E-state index contributed by atoms with van der Waals surface area (Å²) in [5, 5.41) is 5.77. The van der Waals surface area contributed by atoms with Gasteiger partial charge in [-0.2, -0.15) is 18.3 Å². The summed E-state index contributed by atoms with van der Waals surface area (Å²) >= 11 is 0. The summed E-state index contributed by atoms with van der Waals surface area (Å²) in [4.78, 5) is 0. The Labute approximate surface area is 127 Å². The van der Waals surface area contributed by atoms with E-state index < -0.39 is 11.9 Å². The topological polar surface area (TPSA) is 37.9 Å². The lowest BCUT2D eigenvalue weighted by Gasteiger charge is -2.09. The van der Waals surface area contributed by atoms with Crippen LogP contribution in [-0.4, -0.2) is 16.8 Å². The second-order valence-corrected chi connectivity index (χ2v) is 5.07. The Hall–Kier alpha value is -1.98. The lowest BCUT2D eigenvalue weighted by Crippen LogP contribution is -2.04. The van der Waals surface area contributed by atoms with Crippen LogP contribution in [0.1, 0.15) is 38.3 Å². The minimum atomic E-state index is -4.43. The van der Waals surface area contributed by atoms with Crippen LogP contribution in [0.5, 0.6) is 5.75 Å². The van der Waals surface area contributed by atoms with Crippen LogP contribution in [0.15, 0.2) is 30.3 Å². The largest absolute Gasteiger partial charge is 0.493 e. The second kappa shape index (κ2) is 7.33. The van der Waals surface area contributed by atoms with Gasteiger partial charge in [0.15, 0.2) is 0 Å². The van der Waals surface area contributed by atoms with Gasteiger partial charge < -0.3 is 4.74 Å². The third-order valence-electron chi connectivity index (χ3n) is 3.30. The quantitative estimate of drug-likeness (QED) is 0.726. The van der Waals surface area contributed by atoms with E-state index in [1.165, 1.54) is 0 Å².